The maximum Gasteiger partial charge on any atom is 0.324 e. The third kappa shape index (κ3) is 8.06. The van der Waals surface area contributed by atoms with Gasteiger partial charge in [0.25, 0.3) is 0 Å². The summed E-state index contributed by atoms with van der Waals surface area (Å²) in [6, 6.07) is -1.15. The Morgan fingerprint density at radius 3 is 2.28 bits per heavy atom. The molecule has 106 valence electrons. The zero-order valence-corrected chi connectivity index (χ0v) is 11.4. The van der Waals surface area contributed by atoms with Crippen molar-refractivity contribution >= 4 is 11.9 Å². The van der Waals surface area contributed by atoms with Crippen LogP contribution in [0.5, 0.6) is 0 Å². The molecule has 0 fully saturated rings. The number of hydrogen-bond acceptors (Lipinski definition) is 4. The molecule has 0 saturated heterocycles. The van der Waals surface area contributed by atoms with Gasteiger partial charge in [-0.1, -0.05) is 39.0 Å². The lowest BCUT2D eigenvalue weighted by atomic mass is 10.1. The van der Waals surface area contributed by atoms with Gasteiger partial charge in [-0.3, -0.25) is 9.59 Å². The molecule has 0 saturated carbocycles. The molecule has 0 aromatic carbocycles. The molecular weight excluding hydrogens is 234 g/mol. The van der Waals surface area contributed by atoms with Crippen LogP contribution in [0.25, 0.3) is 0 Å². The molecule has 0 aromatic rings. The van der Waals surface area contributed by atoms with Crippen molar-refractivity contribution in [1.82, 2.24) is 0 Å². The quantitative estimate of drug-likeness (QED) is 0.463. The van der Waals surface area contributed by atoms with E-state index in [-0.39, 0.29) is 5.97 Å². The maximum absolute atomic E-state index is 11.4. The van der Waals surface area contributed by atoms with Crippen LogP contribution in [0.2, 0.25) is 0 Å². The zero-order valence-electron chi connectivity index (χ0n) is 11.4. The summed E-state index contributed by atoms with van der Waals surface area (Å²) in [5.74, 6) is -1.52. The molecule has 5 heteroatoms. The Labute approximate surface area is 109 Å². The van der Waals surface area contributed by atoms with Crippen LogP contribution in [-0.4, -0.2) is 29.2 Å². The van der Waals surface area contributed by atoms with Gasteiger partial charge in [0, 0.05) is 6.42 Å². The van der Waals surface area contributed by atoms with Crippen molar-refractivity contribution in [2.75, 3.05) is 0 Å². The van der Waals surface area contributed by atoms with Gasteiger partial charge < -0.3 is 15.6 Å². The molecule has 0 aliphatic rings. The smallest absolute Gasteiger partial charge is 0.324 e. The summed E-state index contributed by atoms with van der Waals surface area (Å²) >= 11 is 0. The molecule has 0 aliphatic heterocycles. The standard InChI is InChI=1S/C13H25NO4/c1-3-4-5-6-7-8-9-11(15)18-10(2)12(14)13(16)17/h10,12H,3-9,14H2,1-2H3,(H,16,17). The second-order valence-corrected chi connectivity index (χ2v) is 4.58. The topological polar surface area (TPSA) is 89.6 Å². The first-order valence-electron chi connectivity index (χ1n) is 6.67. The van der Waals surface area contributed by atoms with Gasteiger partial charge in [-0.25, -0.2) is 0 Å². The Morgan fingerprint density at radius 2 is 1.72 bits per heavy atom. The molecule has 3 N–H and O–H groups in total. The van der Waals surface area contributed by atoms with Crippen LogP contribution in [0.1, 0.15) is 58.8 Å². The zero-order chi connectivity index (χ0) is 14.0. The second-order valence-electron chi connectivity index (χ2n) is 4.58. The summed E-state index contributed by atoms with van der Waals surface area (Å²) in [5, 5.41) is 8.65. The van der Waals surface area contributed by atoms with Gasteiger partial charge in [-0.05, 0) is 13.3 Å². The molecule has 2 atom stereocenters. The lowest BCUT2D eigenvalue weighted by Gasteiger charge is -2.16. The number of nitrogens with two attached hydrogens (primary N) is 1. The molecule has 0 amide bonds. The largest absolute Gasteiger partial charge is 0.480 e. The SMILES string of the molecule is CCCCCCCCC(=O)OC(C)C(N)C(=O)O. The highest BCUT2D eigenvalue weighted by atomic mass is 16.5. The number of aliphatic carboxylic acids is 1. The molecule has 18 heavy (non-hydrogen) atoms. The van der Waals surface area contributed by atoms with Crippen molar-refractivity contribution in [3.05, 3.63) is 0 Å². The number of carboxylic acids is 1. The van der Waals surface area contributed by atoms with Crippen molar-refractivity contribution in [2.24, 2.45) is 5.73 Å². The van der Waals surface area contributed by atoms with E-state index in [2.05, 4.69) is 6.92 Å². The summed E-state index contributed by atoms with van der Waals surface area (Å²) in [6.07, 6.45) is 6.11. The monoisotopic (exact) mass is 259 g/mol. The van der Waals surface area contributed by atoms with Crippen molar-refractivity contribution in [3.8, 4) is 0 Å². The van der Waals surface area contributed by atoms with Gasteiger partial charge >= 0.3 is 11.9 Å². The van der Waals surface area contributed by atoms with Crippen LogP contribution in [0.3, 0.4) is 0 Å². The fourth-order valence-electron chi connectivity index (χ4n) is 1.59. The van der Waals surface area contributed by atoms with Crippen molar-refractivity contribution in [3.63, 3.8) is 0 Å². The molecule has 2 unspecified atom stereocenters. The Bertz CT molecular complexity index is 255. The van der Waals surface area contributed by atoms with Crippen LogP contribution in [0.15, 0.2) is 0 Å². The lowest BCUT2D eigenvalue weighted by molar-refractivity contribution is -0.153. The summed E-state index contributed by atoms with van der Waals surface area (Å²) in [4.78, 5) is 22.0. The fourth-order valence-corrected chi connectivity index (χ4v) is 1.59. The highest BCUT2D eigenvalue weighted by Crippen LogP contribution is 2.08. The Balaban J connectivity index is 3.62. The number of carboxylic acid groups (broad SMARTS) is 1. The fraction of sp³-hybridized carbons (Fsp3) is 0.846. The number of carbonyl (C=O) groups is 2. The van der Waals surface area contributed by atoms with Gasteiger partial charge in [0.15, 0.2) is 0 Å². The Kier molecular flexibility index (Phi) is 9.28. The van der Waals surface area contributed by atoms with Crippen LogP contribution in [-0.2, 0) is 14.3 Å². The summed E-state index contributed by atoms with van der Waals surface area (Å²) < 4.78 is 4.96. The highest BCUT2D eigenvalue weighted by molar-refractivity contribution is 5.75. The normalized spacial score (nSPS) is 13.9. The number of rotatable bonds is 10. The van der Waals surface area contributed by atoms with Crippen molar-refractivity contribution < 1.29 is 19.4 Å². The first-order chi connectivity index (χ1) is 8.49. The maximum atomic E-state index is 11.4. The van der Waals surface area contributed by atoms with E-state index < -0.39 is 18.1 Å². The van der Waals surface area contributed by atoms with E-state index >= 15 is 0 Å². The summed E-state index contributed by atoms with van der Waals surface area (Å²) in [7, 11) is 0. The molecule has 0 aromatic heterocycles. The molecule has 0 radical (unpaired) electrons. The molecule has 5 nitrogen and oxygen atoms in total. The van der Waals surface area contributed by atoms with E-state index in [9.17, 15) is 9.59 Å². The van der Waals surface area contributed by atoms with E-state index in [1.807, 2.05) is 0 Å². The van der Waals surface area contributed by atoms with Crippen LogP contribution < -0.4 is 5.73 Å². The van der Waals surface area contributed by atoms with Crippen LogP contribution in [0, 0.1) is 0 Å². The molecular formula is C13H25NO4. The average Bonchev–Trinajstić information content (AvgIpc) is 2.32. The number of ether oxygens (including phenoxy) is 1. The predicted octanol–water partition coefficient (Wildman–Crippen LogP) is 2.08. The van der Waals surface area contributed by atoms with Gasteiger partial charge in [0.05, 0.1) is 0 Å². The number of unbranched alkanes of at least 4 members (excludes halogenated alkanes) is 5. The Morgan fingerprint density at radius 1 is 1.17 bits per heavy atom. The first-order valence-corrected chi connectivity index (χ1v) is 6.67. The molecule has 0 aliphatic carbocycles. The average molecular weight is 259 g/mol. The van der Waals surface area contributed by atoms with Crippen molar-refractivity contribution in [2.45, 2.75) is 70.9 Å². The van der Waals surface area contributed by atoms with E-state index in [1.54, 1.807) is 0 Å². The van der Waals surface area contributed by atoms with Crippen molar-refractivity contribution in [1.29, 1.82) is 0 Å². The number of carbonyl (C=O) groups excluding carboxylic acids is 1. The van der Waals surface area contributed by atoms with E-state index in [0.717, 1.165) is 19.3 Å². The van der Waals surface area contributed by atoms with Crippen LogP contribution >= 0.6 is 0 Å². The first kappa shape index (κ1) is 16.9. The predicted molar refractivity (Wildman–Crippen MR) is 69.2 cm³/mol. The van der Waals surface area contributed by atoms with E-state index in [4.69, 9.17) is 15.6 Å². The third-order valence-corrected chi connectivity index (χ3v) is 2.84. The molecule has 0 spiro atoms. The number of esters is 1. The van der Waals surface area contributed by atoms with Gasteiger partial charge in [0.2, 0.25) is 0 Å². The van der Waals surface area contributed by atoms with Gasteiger partial charge in [-0.2, -0.15) is 0 Å². The third-order valence-electron chi connectivity index (χ3n) is 2.84. The van der Waals surface area contributed by atoms with E-state index in [1.165, 1.54) is 26.2 Å². The highest BCUT2D eigenvalue weighted by Gasteiger charge is 2.23. The van der Waals surface area contributed by atoms with Gasteiger partial charge in [0.1, 0.15) is 12.1 Å². The Hall–Kier alpha value is -1.10. The van der Waals surface area contributed by atoms with Gasteiger partial charge in [-0.15, -0.1) is 0 Å². The summed E-state index contributed by atoms with van der Waals surface area (Å²) in [6.45, 7) is 3.66. The van der Waals surface area contributed by atoms with Crippen LogP contribution in [0.4, 0.5) is 0 Å². The minimum Gasteiger partial charge on any atom is -0.480 e. The molecule has 0 heterocycles. The minimum atomic E-state index is -1.16. The lowest BCUT2D eigenvalue weighted by Crippen LogP contribution is -2.42. The minimum absolute atomic E-state index is 0.336. The number of hydrogen-bond donors (Lipinski definition) is 2. The molecule has 0 rings (SSSR count). The molecule has 0 bridgehead atoms. The summed E-state index contributed by atoms with van der Waals surface area (Å²) in [5.41, 5.74) is 5.34. The second kappa shape index (κ2) is 9.88. The van der Waals surface area contributed by atoms with E-state index in [0.29, 0.717) is 6.42 Å².